The van der Waals surface area contributed by atoms with Crippen molar-refractivity contribution in [2.75, 3.05) is 13.1 Å². The summed E-state index contributed by atoms with van der Waals surface area (Å²) in [5, 5.41) is 4.14. The van der Waals surface area contributed by atoms with E-state index in [2.05, 4.69) is 10.1 Å². The fraction of sp³-hybridized carbons (Fsp3) is 0.400. The summed E-state index contributed by atoms with van der Waals surface area (Å²) in [6.07, 6.45) is 5.14. The summed E-state index contributed by atoms with van der Waals surface area (Å²) in [6, 6.07) is 15.7. The summed E-state index contributed by atoms with van der Waals surface area (Å²) >= 11 is 0. The minimum Gasteiger partial charge on any atom is -0.457 e. The molecule has 0 N–H and O–H groups in total. The number of carbonyl (C=O) groups excluding carboxylic acids is 1. The lowest BCUT2D eigenvalue weighted by Gasteiger charge is -2.36. The van der Waals surface area contributed by atoms with Crippen LogP contribution < -0.4 is 4.74 Å². The molecule has 1 aromatic heterocycles. The van der Waals surface area contributed by atoms with Gasteiger partial charge in [0.25, 0.3) is 0 Å². The van der Waals surface area contributed by atoms with E-state index in [-0.39, 0.29) is 11.8 Å². The fourth-order valence-corrected chi connectivity index (χ4v) is 4.90. The molecule has 2 aliphatic heterocycles. The van der Waals surface area contributed by atoms with Crippen molar-refractivity contribution in [2.24, 2.45) is 5.92 Å². The van der Waals surface area contributed by atoms with Crippen LogP contribution in [0.4, 0.5) is 0 Å². The van der Waals surface area contributed by atoms with E-state index in [1.165, 1.54) is 12.8 Å². The van der Waals surface area contributed by atoms with Crippen molar-refractivity contribution >= 4 is 5.91 Å². The molecule has 158 valence electrons. The van der Waals surface area contributed by atoms with Crippen LogP contribution in [0.5, 0.6) is 11.5 Å². The van der Waals surface area contributed by atoms with E-state index in [1.807, 2.05) is 53.4 Å². The quantitative estimate of drug-likeness (QED) is 0.620. The average molecular weight is 415 g/mol. The van der Waals surface area contributed by atoms with Gasteiger partial charge in [0, 0.05) is 36.6 Å². The number of para-hydroxylation sites is 2. The number of carbonyl (C=O) groups is 1. The number of aromatic nitrogens is 2. The molecular weight excluding hydrogens is 390 g/mol. The van der Waals surface area contributed by atoms with Crippen molar-refractivity contribution in [3.8, 4) is 11.5 Å². The summed E-state index contributed by atoms with van der Waals surface area (Å²) < 4.78 is 11.6. The van der Waals surface area contributed by atoms with Crippen LogP contribution in [0.3, 0.4) is 0 Å². The highest BCUT2D eigenvalue weighted by atomic mass is 16.5. The summed E-state index contributed by atoms with van der Waals surface area (Å²) in [4.78, 5) is 20.4. The minimum atomic E-state index is -0.329. The van der Waals surface area contributed by atoms with E-state index in [0.29, 0.717) is 17.7 Å². The second-order valence-corrected chi connectivity index (χ2v) is 8.93. The van der Waals surface area contributed by atoms with Gasteiger partial charge in [0.2, 0.25) is 11.8 Å². The molecule has 2 aromatic carbocycles. The molecule has 0 radical (unpaired) electrons. The van der Waals surface area contributed by atoms with Gasteiger partial charge in [-0.3, -0.25) is 4.79 Å². The number of ether oxygens (including phenoxy) is 1. The lowest BCUT2D eigenvalue weighted by molar-refractivity contribution is -0.133. The molecule has 3 heterocycles. The number of rotatable bonds is 4. The van der Waals surface area contributed by atoms with Gasteiger partial charge in [0.1, 0.15) is 11.5 Å². The SMILES string of the molecule is O=C(C1c2ccccc2Oc2ccccc21)N1CCCC(Cc2nc(C3CC3)no2)C1. The van der Waals surface area contributed by atoms with Gasteiger partial charge in [0.15, 0.2) is 5.82 Å². The first-order valence-electron chi connectivity index (χ1n) is 11.2. The Morgan fingerprint density at radius 1 is 1.00 bits per heavy atom. The normalized spacial score (nSPS) is 20.6. The van der Waals surface area contributed by atoms with E-state index in [9.17, 15) is 4.79 Å². The molecule has 6 rings (SSSR count). The molecule has 3 aromatic rings. The highest BCUT2D eigenvalue weighted by molar-refractivity contribution is 5.89. The standard InChI is InChI=1S/C25H25N3O3/c29-25(23-18-7-1-3-9-20(18)30-21-10-4-2-8-19(21)23)28-13-5-6-16(15-28)14-22-26-24(27-31-22)17-11-12-17/h1-4,7-10,16-17,23H,5-6,11-15H2. The first kappa shape index (κ1) is 18.6. The van der Waals surface area contributed by atoms with Gasteiger partial charge in [0.05, 0.1) is 5.92 Å². The Balaban J connectivity index is 1.23. The van der Waals surface area contributed by atoms with Gasteiger partial charge in [-0.1, -0.05) is 41.6 Å². The zero-order valence-corrected chi connectivity index (χ0v) is 17.4. The van der Waals surface area contributed by atoms with Gasteiger partial charge in [-0.2, -0.15) is 4.98 Å². The Morgan fingerprint density at radius 2 is 1.71 bits per heavy atom. The number of benzene rings is 2. The third kappa shape index (κ3) is 3.50. The van der Waals surface area contributed by atoms with Crippen molar-refractivity contribution in [1.82, 2.24) is 15.0 Å². The van der Waals surface area contributed by atoms with Crippen LogP contribution in [-0.4, -0.2) is 34.0 Å². The highest BCUT2D eigenvalue weighted by Gasteiger charge is 2.37. The number of piperidine rings is 1. The van der Waals surface area contributed by atoms with Crippen LogP contribution in [0.1, 0.15) is 60.4 Å². The number of fused-ring (bicyclic) bond motifs is 2. The first-order valence-corrected chi connectivity index (χ1v) is 11.2. The number of likely N-dealkylation sites (tertiary alicyclic amines) is 1. The monoisotopic (exact) mass is 415 g/mol. The highest BCUT2D eigenvalue weighted by Crippen LogP contribution is 2.45. The Bertz CT molecular complexity index is 1070. The molecule has 3 aliphatic rings. The van der Waals surface area contributed by atoms with Crippen LogP contribution in [0.2, 0.25) is 0 Å². The number of hydrogen-bond acceptors (Lipinski definition) is 5. The first-order chi connectivity index (χ1) is 15.3. The van der Waals surface area contributed by atoms with E-state index in [1.54, 1.807) is 0 Å². The Kier molecular flexibility index (Phi) is 4.51. The molecule has 2 fully saturated rings. The maximum Gasteiger partial charge on any atom is 0.234 e. The number of amides is 1. The third-order valence-electron chi connectivity index (χ3n) is 6.65. The van der Waals surface area contributed by atoms with Gasteiger partial charge in [-0.05, 0) is 43.7 Å². The lowest BCUT2D eigenvalue weighted by Crippen LogP contribution is -2.43. The van der Waals surface area contributed by atoms with Crippen molar-refractivity contribution in [3.05, 3.63) is 71.4 Å². The summed E-state index contributed by atoms with van der Waals surface area (Å²) in [5.74, 6) is 3.77. The topological polar surface area (TPSA) is 68.5 Å². The van der Waals surface area contributed by atoms with Crippen LogP contribution in [0, 0.1) is 5.92 Å². The van der Waals surface area contributed by atoms with Gasteiger partial charge in [-0.25, -0.2) is 0 Å². The molecule has 31 heavy (non-hydrogen) atoms. The van der Waals surface area contributed by atoms with E-state index in [0.717, 1.165) is 60.8 Å². The number of nitrogens with zero attached hydrogens (tertiary/aromatic N) is 3. The predicted molar refractivity (Wildman–Crippen MR) is 114 cm³/mol. The summed E-state index contributed by atoms with van der Waals surface area (Å²) in [7, 11) is 0. The second kappa shape index (κ2) is 7.52. The van der Waals surface area contributed by atoms with Crippen LogP contribution >= 0.6 is 0 Å². The molecule has 0 bridgehead atoms. The largest absolute Gasteiger partial charge is 0.457 e. The second-order valence-electron chi connectivity index (χ2n) is 8.93. The summed E-state index contributed by atoms with van der Waals surface area (Å²) in [5.41, 5.74) is 1.89. The van der Waals surface area contributed by atoms with E-state index >= 15 is 0 Å². The van der Waals surface area contributed by atoms with Crippen LogP contribution in [-0.2, 0) is 11.2 Å². The molecule has 1 unspecified atom stereocenters. The number of hydrogen-bond donors (Lipinski definition) is 0. The smallest absolute Gasteiger partial charge is 0.234 e. The van der Waals surface area contributed by atoms with E-state index in [4.69, 9.17) is 9.26 Å². The molecule has 1 amide bonds. The zero-order valence-electron chi connectivity index (χ0n) is 17.4. The fourth-order valence-electron chi connectivity index (χ4n) is 4.90. The maximum absolute atomic E-state index is 13.8. The lowest BCUT2D eigenvalue weighted by atomic mass is 9.85. The van der Waals surface area contributed by atoms with Gasteiger partial charge < -0.3 is 14.2 Å². The Morgan fingerprint density at radius 3 is 2.42 bits per heavy atom. The Labute approximate surface area is 181 Å². The van der Waals surface area contributed by atoms with Crippen molar-refractivity contribution in [1.29, 1.82) is 0 Å². The van der Waals surface area contributed by atoms with Gasteiger partial charge in [-0.15, -0.1) is 0 Å². The van der Waals surface area contributed by atoms with E-state index < -0.39 is 0 Å². The molecule has 1 aliphatic carbocycles. The zero-order chi connectivity index (χ0) is 20.8. The molecule has 6 heteroatoms. The third-order valence-corrected chi connectivity index (χ3v) is 6.65. The predicted octanol–water partition coefficient (Wildman–Crippen LogP) is 4.67. The van der Waals surface area contributed by atoms with Crippen LogP contribution in [0.15, 0.2) is 53.1 Å². The average Bonchev–Trinajstić information content (AvgIpc) is 3.56. The molecule has 1 saturated carbocycles. The molecule has 1 saturated heterocycles. The van der Waals surface area contributed by atoms with Crippen molar-refractivity contribution in [3.63, 3.8) is 0 Å². The van der Waals surface area contributed by atoms with Gasteiger partial charge >= 0.3 is 0 Å². The minimum absolute atomic E-state index is 0.150. The molecule has 6 nitrogen and oxygen atoms in total. The van der Waals surface area contributed by atoms with Crippen LogP contribution in [0.25, 0.3) is 0 Å². The Hall–Kier alpha value is -3.15. The maximum atomic E-state index is 13.8. The van der Waals surface area contributed by atoms with Crippen molar-refractivity contribution < 1.29 is 14.1 Å². The molecule has 0 spiro atoms. The molecular formula is C25H25N3O3. The molecule has 1 atom stereocenters. The summed E-state index contributed by atoms with van der Waals surface area (Å²) in [6.45, 7) is 1.51. The van der Waals surface area contributed by atoms with Crippen molar-refractivity contribution in [2.45, 2.75) is 43.9 Å².